The lowest BCUT2D eigenvalue weighted by molar-refractivity contribution is -0.137. The van der Waals surface area contributed by atoms with E-state index in [1.807, 2.05) is 17.0 Å². The van der Waals surface area contributed by atoms with E-state index in [-0.39, 0.29) is 29.3 Å². The predicted octanol–water partition coefficient (Wildman–Crippen LogP) is 3.29. The number of hydrogen-bond donors (Lipinski definition) is 1. The molecule has 1 N–H and O–H groups in total. The molecule has 2 fully saturated rings. The normalized spacial score (nSPS) is 21.3. The number of carbonyl (C=O) groups excluding carboxylic acids is 2. The molecule has 1 aliphatic carbocycles. The summed E-state index contributed by atoms with van der Waals surface area (Å²) >= 11 is 0. The number of rotatable bonds is 3. The molecule has 1 aromatic heterocycles. The molecule has 5 nitrogen and oxygen atoms in total. The second-order valence-corrected chi connectivity index (χ2v) is 7.30. The number of nitrogens with one attached hydrogen (secondary N) is 1. The number of ketones is 1. The number of halogens is 1. The van der Waals surface area contributed by atoms with Crippen molar-refractivity contribution in [3.63, 3.8) is 0 Å². The molecule has 1 atom stereocenters. The molecule has 26 heavy (non-hydrogen) atoms. The standard InChI is InChI=1S/C20H22FN3O2/c21-19-10-14(16-11-22-23-12-16)2-4-18(19)13-5-7-24(8-6-13)20(26)15-1-3-17(25)9-15/h2,4,10-13,15H,1,3,5-9H2,(H,22,23). The zero-order valence-electron chi connectivity index (χ0n) is 14.6. The third kappa shape index (κ3) is 3.28. The van der Waals surface area contributed by atoms with Crippen LogP contribution >= 0.6 is 0 Å². The lowest BCUT2D eigenvalue weighted by Gasteiger charge is -2.33. The van der Waals surface area contributed by atoms with E-state index in [1.165, 1.54) is 0 Å². The Hall–Kier alpha value is -2.50. The van der Waals surface area contributed by atoms with E-state index >= 15 is 0 Å². The van der Waals surface area contributed by atoms with Gasteiger partial charge in [-0.1, -0.05) is 12.1 Å². The predicted molar refractivity (Wildman–Crippen MR) is 94.9 cm³/mol. The minimum Gasteiger partial charge on any atom is -0.342 e. The summed E-state index contributed by atoms with van der Waals surface area (Å²) in [6.45, 7) is 1.27. The highest BCUT2D eigenvalue weighted by Crippen LogP contribution is 2.33. The van der Waals surface area contributed by atoms with Crippen LogP contribution in [0.5, 0.6) is 0 Å². The van der Waals surface area contributed by atoms with Crippen LogP contribution in [-0.2, 0) is 9.59 Å². The molecular weight excluding hydrogens is 333 g/mol. The highest BCUT2D eigenvalue weighted by molar-refractivity contribution is 5.90. The number of amides is 1. The number of aromatic nitrogens is 2. The molecule has 1 aliphatic heterocycles. The summed E-state index contributed by atoms with van der Waals surface area (Å²) in [5, 5.41) is 6.63. The van der Waals surface area contributed by atoms with Gasteiger partial charge in [-0.2, -0.15) is 5.10 Å². The van der Waals surface area contributed by atoms with Gasteiger partial charge in [-0.25, -0.2) is 4.39 Å². The highest BCUT2D eigenvalue weighted by Gasteiger charge is 2.33. The fraction of sp³-hybridized carbons (Fsp3) is 0.450. The Balaban J connectivity index is 1.40. The molecule has 1 saturated heterocycles. The SMILES string of the molecule is O=C1CCC(C(=O)N2CCC(c3ccc(-c4cn[nH]c4)cc3F)CC2)C1. The van der Waals surface area contributed by atoms with Gasteiger partial charge in [0.15, 0.2) is 0 Å². The van der Waals surface area contributed by atoms with Crippen molar-refractivity contribution in [1.29, 1.82) is 0 Å². The second kappa shape index (κ2) is 7.02. The Labute approximate surface area is 151 Å². The van der Waals surface area contributed by atoms with Crippen molar-refractivity contribution in [3.05, 3.63) is 42.0 Å². The highest BCUT2D eigenvalue weighted by atomic mass is 19.1. The van der Waals surface area contributed by atoms with Gasteiger partial charge in [-0.3, -0.25) is 14.7 Å². The number of nitrogens with zero attached hydrogens (tertiary/aromatic N) is 2. The largest absolute Gasteiger partial charge is 0.342 e. The number of piperidine rings is 1. The molecule has 0 spiro atoms. The average Bonchev–Trinajstić information content (AvgIpc) is 3.33. The lowest BCUT2D eigenvalue weighted by Crippen LogP contribution is -2.41. The van der Waals surface area contributed by atoms with Gasteiger partial charge in [0.25, 0.3) is 0 Å². The first-order chi connectivity index (χ1) is 12.6. The maximum Gasteiger partial charge on any atom is 0.226 e. The van der Waals surface area contributed by atoms with E-state index in [2.05, 4.69) is 10.2 Å². The van der Waals surface area contributed by atoms with Gasteiger partial charge in [0.1, 0.15) is 11.6 Å². The van der Waals surface area contributed by atoms with Gasteiger partial charge in [0.05, 0.1) is 6.20 Å². The van der Waals surface area contributed by atoms with Crippen LogP contribution in [0.4, 0.5) is 4.39 Å². The number of Topliss-reactive ketones (excluding diaryl/α,β-unsaturated/α-hetero) is 1. The van der Waals surface area contributed by atoms with E-state index in [0.717, 1.165) is 29.5 Å². The van der Waals surface area contributed by atoms with Crippen LogP contribution in [0.15, 0.2) is 30.6 Å². The summed E-state index contributed by atoms with van der Waals surface area (Å²) < 4.78 is 14.6. The van der Waals surface area contributed by atoms with Crippen molar-refractivity contribution in [2.24, 2.45) is 5.92 Å². The first-order valence-corrected chi connectivity index (χ1v) is 9.21. The molecule has 6 heteroatoms. The molecule has 0 bridgehead atoms. The Bertz CT molecular complexity index is 810. The summed E-state index contributed by atoms with van der Waals surface area (Å²) in [7, 11) is 0. The van der Waals surface area contributed by atoms with Crippen molar-refractivity contribution in [2.45, 2.75) is 38.0 Å². The van der Waals surface area contributed by atoms with Crippen molar-refractivity contribution >= 4 is 11.7 Å². The Morgan fingerprint density at radius 1 is 1.19 bits per heavy atom. The van der Waals surface area contributed by atoms with Gasteiger partial charge in [-0.05, 0) is 42.4 Å². The molecular formula is C20H22FN3O2. The van der Waals surface area contributed by atoms with Crippen molar-refractivity contribution in [2.75, 3.05) is 13.1 Å². The number of likely N-dealkylation sites (tertiary alicyclic amines) is 1. The van der Waals surface area contributed by atoms with Gasteiger partial charge in [0, 0.05) is 43.6 Å². The minimum absolute atomic E-state index is 0.102. The topological polar surface area (TPSA) is 66.1 Å². The Morgan fingerprint density at radius 2 is 2.00 bits per heavy atom. The molecule has 1 amide bonds. The molecule has 1 saturated carbocycles. The first-order valence-electron chi connectivity index (χ1n) is 9.21. The van der Waals surface area contributed by atoms with E-state index in [0.29, 0.717) is 32.4 Å². The maximum absolute atomic E-state index is 14.6. The van der Waals surface area contributed by atoms with Crippen molar-refractivity contribution < 1.29 is 14.0 Å². The van der Waals surface area contributed by atoms with Crippen LogP contribution in [0.1, 0.15) is 43.6 Å². The van der Waals surface area contributed by atoms with Crippen LogP contribution in [0, 0.1) is 11.7 Å². The van der Waals surface area contributed by atoms with Gasteiger partial charge in [-0.15, -0.1) is 0 Å². The quantitative estimate of drug-likeness (QED) is 0.919. The Kier molecular flexibility index (Phi) is 4.57. The number of hydrogen-bond acceptors (Lipinski definition) is 3. The zero-order valence-corrected chi connectivity index (χ0v) is 14.6. The van der Waals surface area contributed by atoms with E-state index in [9.17, 15) is 14.0 Å². The number of benzene rings is 1. The van der Waals surface area contributed by atoms with Crippen LogP contribution < -0.4 is 0 Å². The van der Waals surface area contributed by atoms with Crippen LogP contribution in [0.2, 0.25) is 0 Å². The molecule has 1 aromatic carbocycles. The minimum atomic E-state index is -0.199. The Morgan fingerprint density at radius 3 is 2.62 bits per heavy atom. The van der Waals surface area contributed by atoms with E-state index < -0.39 is 0 Å². The second-order valence-electron chi connectivity index (χ2n) is 7.30. The summed E-state index contributed by atoms with van der Waals surface area (Å²) in [6.07, 6.45) is 6.53. The van der Waals surface area contributed by atoms with Gasteiger partial charge in [0.2, 0.25) is 5.91 Å². The molecule has 136 valence electrons. The number of carbonyl (C=O) groups is 2. The molecule has 2 aliphatic rings. The fourth-order valence-electron chi connectivity index (χ4n) is 4.14. The van der Waals surface area contributed by atoms with Crippen molar-refractivity contribution in [3.8, 4) is 11.1 Å². The van der Waals surface area contributed by atoms with E-state index in [4.69, 9.17) is 0 Å². The number of aromatic amines is 1. The molecule has 1 unspecified atom stereocenters. The summed E-state index contributed by atoms with van der Waals surface area (Å²) in [5.41, 5.74) is 2.39. The van der Waals surface area contributed by atoms with Gasteiger partial charge < -0.3 is 4.90 Å². The zero-order chi connectivity index (χ0) is 18.1. The first kappa shape index (κ1) is 16.9. The van der Waals surface area contributed by atoms with E-state index in [1.54, 1.807) is 18.5 Å². The average molecular weight is 355 g/mol. The third-order valence-corrected chi connectivity index (χ3v) is 5.67. The summed E-state index contributed by atoms with van der Waals surface area (Å²) in [4.78, 5) is 25.8. The molecule has 0 radical (unpaired) electrons. The lowest BCUT2D eigenvalue weighted by atomic mass is 9.87. The fourth-order valence-corrected chi connectivity index (χ4v) is 4.14. The summed E-state index contributed by atoms with van der Waals surface area (Å²) in [5.74, 6) is 0.0886. The molecule has 2 heterocycles. The number of H-pyrrole nitrogens is 1. The van der Waals surface area contributed by atoms with Crippen LogP contribution in [0.25, 0.3) is 11.1 Å². The van der Waals surface area contributed by atoms with Gasteiger partial charge >= 0.3 is 0 Å². The third-order valence-electron chi connectivity index (χ3n) is 5.67. The molecule has 4 rings (SSSR count). The summed E-state index contributed by atoms with van der Waals surface area (Å²) in [6, 6.07) is 5.34. The van der Waals surface area contributed by atoms with Crippen LogP contribution in [0.3, 0.4) is 0 Å². The van der Waals surface area contributed by atoms with Crippen LogP contribution in [-0.4, -0.2) is 39.9 Å². The maximum atomic E-state index is 14.6. The molecule has 2 aromatic rings. The monoisotopic (exact) mass is 355 g/mol. The van der Waals surface area contributed by atoms with Crippen molar-refractivity contribution in [1.82, 2.24) is 15.1 Å². The smallest absolute Gasteiger partial charge is 0.226 e.